The normalized spacial score (nSPS) is 10.9. The van der Waals surface area contributed by atoms with Crippen molar-refractivity contribution >= 4 is 27.6 Å². The summed E-state index contributed by atoms with van der Waals surface area (Å²) in [6.07, 6.45) is 1.47. The van der Waals surface area contributed by atoms with Crippen LogP contribution in [0.2, 0.25) is 0 Å². The van der Waals surface area contributed by atoms with Crippen LogP contribution < -0.4 is 14.8 Å². The van der Waals surface area contributed by atoms with Crippen LogP contribution >= 0.6 is 0 Å². The Kier molecular flexibility index (Phi) is 6.32. The zero-order valence-corrected chi connectivity index (χ0v) is 18.4. The summed E-state index contributed by atoms with van der Waals surface area (Å²) in [7, 11) is -3.86. The first-order valence-corrected chi connectivity index (χ1v) is 11.4. The molecule has 0 fully saturated rings. The van der Waals surface area contributed by atoms with Gasteiger partial charge in [-0.3, -0.25) is 4.79 Å². The lowest BCUT2D eigenvalue weighted by Crippen LogP contribution is -2.15. The van der Waals surface area contributed by atoms with Crippen molar-refractivity contribution in [2.24, 2.45) is 0 Å². The molecule has 4 aromatic rings. The first-order valence-electron chi connectivity index (χ1n) is 9.96. The van der Waals surface area contributed by atoms with Gasteiger partial charge in [-0.1, -0.05) is 18.2 Å². The van der Waals surface area contributed by atoms with Gasteiger partial charge in [-0.15, -0.1) is 0 Å². The molecule has 0 saturated heterocycles. The molecule has 2 N–H and O–H groups in total. The van der Waals surface area contributed by atoms with E-state index >= 15 is 0 Å². The minimum atomic E-state index is -3.86. The van der Waals surface area contributed by atoms with E-state index in [9.17, 15) is 13.2 Å². The summed E-state index contributed by atoms with van der Waals surface area (Å²) >= 11 is 0. The van der Waals surface area contributed by atoms with Gasteiger partial charge in [0, 0.05) is 23.1 Å². The molecule has 0 spiro atoms. The molecule has 166 valence electrons. The highest BCUT2D eigenvalue weighted by Gasteiger charge is 2.16. The summed E-state index contributed by atoms with van der Waals surface area (Å²) in [6, 6.07) is 23.5. The molecule has 8 nitrogen and oxygen atoms in total. The van der Waals surface area contributed by atoms with E-state index in [4.69, 9.17) is 4.74 Å². The number of anilines is 2. The van der Waals surface area contributed by atoms with Crippen molar-refractivity contribution in [1.82, 2.24) is 9.97 Å². The second kappa shape index (κ2) is 9.49. The van der Waals surface area contributed by atoms with Crippen molar-refractivity contribution in [3.05, 3.63) is 102 Å². The predicted octanol–water partition coefficient (Wildman–Crippen LogP) is 4.63. The average molecular weight is 461 g/mol. The van der Waals surface area contributed by atoms with Crippen LogP contribution in [0.3, 0.4) is 0 Å². The molecule has 4 rings (SSSR count). The van der Waals surface area contributed by atoms with Gasteiger partial charge < -0.3 is 10.1 Å². The largest absolute Gasteiger partial charge is 0.457 e. The number of carbonyl (C=O) groups excluding carboxylic acids is 1. The third-order valence-corrected chi connectivity index (χ3v) is 5.88. The zero-order chi connectivity index (χ0) is 23.3. The van der Waals surface area contributed by atoms with Gasteiger partial charge in [-0.2, -0.15) is 0 Å². The molecular formula is C24H20N4O4S. The molecule has 0 unspecified atom stereocenters. The molecule has 9 heteroatoms. The fourth-order valence-corrected chi connectivity index (χ4v) is 3.85. The first kappa shape index (κ1) is 22.0. The van der Waals surface area contributed by atoms with Crippen LogP contribution in [0.15, 0.2) is 96.0 Å². The van der Waals surface area contributed by atoms with E-state index in [1.54, 1.807) is 37.3 Å². The zero-order valence-electron chi connectivity index (χ0n) is 17.6. The van der Waals surface area contributed by atoms with Crippen LogP contribution in [0.5, 0.6) is 11.5 Å². The van der Waals surface area contributed by atoms with E-state index in [-0.39, 0.29) is 16.8 Å². The minimum absolute atomic E-state index is 0.00734. The molecule has 1 aromatic heterocycles. The molecule has 0 aliphatic heterocycles. The average Bonchev–Trinajstić information content (AvgIpc) is 2.80. The van der Waals surface area contributed by atoms with Gasteiger partial charge in [0.2, 0.25) is 5.95 Å². The minimum Gasteiger partial charge on any atom is -0.457 e. The van der Waals surface area contributed by atoms with Crippen LogP contribution in [-0.4, -0.2) is 24.3 Å². The Morgan fingerprint density at radius 3 is 2.18 bits per heavy atom. The van der Waals surface area contributed by atoms with Gasteiger partial charge >= 0.3 is 0 Å². The number of hydrogen-bond acceptors (Lipinski definition) is 6. The molecule has 1 heterocycles. The number of carbonyl (C=O) groups is 1. The second-order valence-electron chi connectivity index (χ2n) is 7.05. The summed E-state index contributed by atoms with van der Waals surface area (Å²) in [5, 5.41) is 2.74. The molecule has 0 radical (unpaired) electrons. The van der Waals surface area contributed by atoms with Gasteiger partial charge in [-0.05, 0) is 73.7 Å². The van der Waals surface area contributed by atoms with Crippen molar-refractivity contribution in [3.8, 4) is 11.5 Å². The summed E-state index contributed by atoms with van der Waals surface area (Å²) in [5.41, 5.74) is 1.53. The molecule has 0 bridgehead atoms. The third-order valence-electron chi connectivity index (χ3n) is 4.54. The molecule has 0 aliphatic carbocycles. The molecule has 1 amide bonds. The summed E-state index contributed by atoms with van der Waals surface area (Å²) in [5.74, 6) is 0.973. The van der Waals surface area contributed by atoms with Crippen molar-refractivity contribution in [3.63, 3.8) is 0 Å². The highest BCUT2D eigenvalue weighted by Crippen LogP contribution is 2.22. The number of aromatic nitrogens is 2. The molecule has 3 aromatic carbocycles. The predicted molar refractivity (Wildman–Crippen MR) is 125 cm³/mol. The van der Waals surface area contributed by atoms with Crippen LogP contribution in [0, 0.1) is 6.92 Å². The van der Waals surface area contributed by atoms with E-state index in [1.807, 2.05) is 30.3 Å². The Balaban J connectivity index is 1.39. The van der Waals surface area contributed by atoms with Gasteiger partial charge in [-0.25, -0.2) is 23.1 Å². The number of nitrogens with one attached hydrogen (secondary N) is 2. The monoisotopic (exact) mass is 460 g/mol. The number of aryl methyl sites for hydroxylation is 1. The Hall–Kier alpha value is -4.24. The quantitative estimate of drug-likeness (QED) is 0.416. The molecule has 33 heavy (non-hydrogen) atoms. The van der Waals surface area contributed by atoms with Crippen LogP contribution in [-0.2, 0) is 10.0 Å². The Morgan fingerprint density at radius 2 is 1.52 bits per heavy atom. The number of ether oxygens (including phenoxy) is 1. The van der Waals surface area contributed by atoms with E-state index in [0.29, 0.717) is 28.4 Å². The van der Waals surface area contributed by atoms with Crippen molar-refractivity contribution < 1.29 is 17.9 Å². The molecular weight excluding hydrogens is 440 g/mol. The van der Waals surface area contributed by atoms with Crippen molar-refractivity contribution in [2.75, 3.05) is 10.0 Å². The third kappa shape index (κ3) is 5.72. The molecule has 0 saturated carbocycles. The maximum Gasteiger partial charge on any atom is 0.264 e. The van der Waals surface area contributed by atoms with E-state index in [2.05, 4.69) is 20.0 Å². The Labute approximate surface area is 191 Å². The smallest absolute Gasteiger partial charge is 0.264 e. The number of benzene rings is 3. The second-order valence-corrected chi connectivity index (χ2v) is 8.73. The van der Waals surface area contributed by atoms with Gasteiger partial charge in [0.1, 0.15) is 11.5 Å². The SMILES string of the molecule is Cc1ccnc(NS(=O)(=O)c2ccc(NC(=O)c3ccc(Oc4ccccc4)cc3)cc2)n1. The first-order chi connectivity index (χ1) is 15.9. The number of sulfonamides is 1. The van der Waals surface area contributed by atoms with E-state index in [0.717, 1.165) is 0 Å². The fraction of sp³-hybridized carbons (Fsp3) is 0.0417. The Bertz CT molecular complexity index is 1360. The number of amides is 1. The van der Waals surface area contributed by atoms with E-state index < -0.39 is 10.0 Å². The van der Waals surface area contributed by atoms with Crippen LogP contribution in [0.4, 0.5) is 11.6 Å². The maximum atomic E-state index is 12.5. The van der Waals surface area contributed by atoms with Crippen molar-refractivity contribution in [1.29, 1.82) is 0 Å². The number of para-hydroxylation sites is 1. The highest BCUT2D eigenvalue weighted by atomic mass is 32.2. The number of hydrogen-bond donors (Lipinski definition) is 2. The lowest BCUT2D eigenvalue weighted by atomic mass is 10.2. The highest BCUT2D eigenvalue weighted by molar-refractivity contribution is 7.92. The van der Waals surface area contributed by atoms with Gasteiger partial charge in [0.15, 0.2) is 0 Å². The summed E-state index contributed by atoms with van der Waals surface area (Å²) in [4.78, 5) is 20.5. The number of rotatable bonds is 7. The summed E-state index contributed by atoms with van der Waals surface area (Å²) in [6.45, 7) is 1.74. The van der Waals surface area contributed by atoms with E-state index in [1.165, 1.54) is 30.5 Å². The van der Waals surface area contributed by atoms with Crippen LogP contribution in [0.1, 0.15) is 16.1 Å². The lowest BCUT2D eigenvalue weighted by molar-refractivity contribution is 0.102. The summed E-state index contributed by atoms with van der Waals surface area (Å²) < 4.78 is 33.1. The maximum absolute atomic E-state index is 12.5. The molecule has 0 aliphatic rings. The van der Waals surface area contributed by atoms with Gasteiger partial charge in [0.05, 0.1) is 4.90 Å². The van der Waals surface area contributed by atoms with Gasteiger partial charge in [0.25, 0.3) is 15.9 Å². The van der Waals surface area contributed by atoms with Crippen molar-refractivity contribution in [2.45, 2.75) is 11.8 Å². The standard InChI is InChI=1S/C24H20N4O4S/c1-17-15-16-25-24(26-17)28-33(30,31)22-13-9-19(10-14-22)27-23(29)18-7-11-21(12-8-18)32-20-5-3-2-4-6-20/h2-16H,1H3,(H,27,29)(H,25,26,28). The topological polar surface area (TPSA) is 110 Å². The Morgan fingerprint density at radius 1 is 0.848 bits per heavy atom. The molecule has 0 atom stereocenters. The fourth-order valence-electron chi connectivity index (χ4n) is 2.90. The number of nitrogens with zero attached hydrogens (tertiary/aromatic N) is 2. The van der Waals surface area contributed by atoms with Crippen LogP contribution in [0.25, 0.3) is 0 Å². The lowest BCUT2D eigenvalue weighted by Gasteiger charge is -2.09.